The quantitative estimate of drug-likeness (QED) is 0.508. The Kier molecular flexibility index (Phi) is 6.55. The minimum atomic E-state index is 0.0922. The zero-order valence-corrected chi connectivity index (χ0v) is 14.1. The molecule has 0 bridgehead atoms. The van der Waals surface area contributed by atoms with Gasteiger partial charge in [-0.2, -0.15) is 0 Å². The van der Waals surface area contributed by atoms with E-state index in [2.05, 4.69) is 0 Å². The summed E-state index contributed by atoms with van der Waals surface area (Å²) >= 11 is 0. The number of carbonyl (C=O) groups is 2. The van der Waals surface area contributed by atoms with Crippen molar-refractivity contribution in [1.82, 2.24) is 0 Å². The van der Waals surface area contributed by atoms with Crippen LogP contribution in [0.2, 0.25) is 0 Å². The molecule has 0 saturated carbocycles. The van der Waals surface area contributed by atoms with Crippen LogP contribution in [0.1, 0.15) is 46.4 Å². The fourth-order valence-electron chi connectivity index (χ4n) is 2.41. The van der Waals surface area contributed by atoms with Crippen LogP contribution in [0.3, 0.4) is 0 Å². The van der Waals surface area contributed by atoms with Crippen molar-refractivity contribution < 1.29 is 19.1 Å². The molecular weight excluding hydrogens is 304 g/mol. The van der Waals surface area contributed by atoms with E-state index in [0.717, 1.165) is 11.5 Å². The van der Waals surface area contributed by atoms with Gasteiger partial charge >= 0.3 is 0 Å². The van der Waals surface area contributed by atoms with Crippen LogP contribution in [0.15, 0.2) is 48.5 Å². The van der Waals surface area contributed by atoms with E-state index in [1.54, 1.807) is 62.8 Å². The van der Waals surface area contributed by atoms with Crippen molar-refractivity contribution in [2.45, 2.75) is 25.7 Å². The van der Waals surface area contributed by atoms with E-state index in [0.29, 0.717) is 36.8 Å². The molecule has 0 aromatic heterocycles. The van der Waals surface area contributed by atoms with E-state index < -0.39 is 0 Å². The topological polar surface area (TPSA) is 52.6 Å². The Balaban J connectivity index is 1.74. The van der Waals surface area contributed by atoms with E-state index in [1.807, 2.05) is 0 Å². The lowest BCUT2D eigenvalue weighted by molar-refractivity contribution is 0.0954. The van der Waals surface area contributed by atoms with Gasteiger partial charge in [0.05, 0.1) is 14.2 Å². The number of methoxy groups -OCH3 is 2. The van der Waals surface area contributed by atoms with Crippen molar-refractivity contribution in [3.05, 3.63) is 59.7 Å². The Hall–Kier alpha value is -2.62. The van der Waals surface area contributed by atoms with Gasteiger partial charge in [-0.3, -0.25) is 9.59 Å². The highest BCUT2D eigenvalue weighted by Crippen LogP contribution is 2.16. The maximum absolute atomic E-state index is 12.1. The number of ether oxygens (including phenoxy) is 2. The third-order valence-electron chi connectivity index (χ3n) is 3.88. The van der Waals surface area contributed by atoms with Crippen molar-refractivity contribution in [2.24, 2.45) is 0 Å². The minimum Gasteiger partial charge on any atom is -0.497 e. The van der Waals surface area contributed by atoms with Gasteiger partial charge in [-0.15, -0.1) is 0 Å². The third kappa shape index (κ3) is 4.95. The molecule has 0 unspecified atom stereocenters. The lowest BCUT2D eigenvalue weighted by Crippen LogP contribution is -2.02. The number of hydrogen-bond acceptors (Lipinski definition) is 4. The number of benzene rings is 2. The first kappa shape index (κ1) is 17.7. The molecule has 0 spiro atoms. The van der Waals surface area contributed by atoms with E-state index >= 15 is 0 Å². The predicted molar refractivity (Wildman–Crippen MR) is 93.1 cm³/mol. The third-order valence-corrected chi connectivity index (χ3v) is 3.88. The Labute approximate surface area is 142 Å². The molecular formula is C20H22O4. The molecule has 0 radical (unpaired) electrons. The smallest absolute Gasteiger partial charge is 0.162 e. The standard InChI is InChI=1S/C20H22O4/c1-23-17-11-7-15(8-12-17)19(21)5-3-4-6-20(22)16-9-13-18(24-2)14-10-16/h7-14H,3-6H2,1-2H3. The summed E-state index contributed by atoms with van der Waals surface area (Å²) in [4.78, 5) is 24.2. The summed E-state index contributed by atoms with van der Waals surface area (Å²) in [6.07, 6.45) is 2.30. The van der Waals surface area contributed by atoms with Crippen LogP contribution in [0.5, 0.6) is 11.5 Å². The van der Waals surface area contributed by atoms with Gasteiger partial charge in [-0.05, 0) is 61.4 Å². The Morgan fingerprint density at radius 1 is 0.667 bits per heavy atom. The SMILES string of the molecule is COc1ccc(C(=O)CCCCC(=O)c2ccc(OC)cc2)cc1. The molecule has 0 fully saturated rings. The molecule has 4 heteroatoms. The summed E-state index contributed by atoms with van der Waals surface area (Å²) < 4.78 is 10.1. The van der Waals surface area contributed by atoms with Gasteiger partial charge in [0.25, 0.3) is 0 Å². The van der Waals surface area contributed by atoms with Crippen LogP contribution in [0, 0.1) is 0 Å². The summed E-state index contributed by atoms with van der Waals surface area (Å²) in [7, 11) is 3.19. The van der Waals surface area contributed by atoms with Crippen molar-refractivity contribution in [3.63, 3.8) is 0 Å². The molecule has 0 heterocycles. The van der Waals surface area contributed by atoms with Crippen LogP contribution >= 0.6 is 0 Å². The second-order valence-electron chi connectivity index (χ2n) is 5.51. The van der Waals surface area contributed by atoms with E-state index in [1.165, 1.54) is 0 Å². The first-order valence-corrected chi connectivity index (χ1v) is 7.98. The van der Waals surface area contributed by atoms with Gasteiger partial charge in [-0.25, -0.2) is 0 Å². The summed E-state index contributed by atoms with van der Waals surface area (Å²) in [6.45, 7) is 0. The Morgan fingerprint density at radius 3 is 1.29 bits per heavy atom. The molecule has 0 aliphatic carbocycles. The van der Waals surface area contributed by atoms with Crippen LogP contribution in [-0.4, -0.2) is 25.8 Å². The average molecular weight is 326 g/mol. The van der Waals surface area contributed by atoms with Gasteiger partial charge in [0.1, 0.15) is 11.5 Å². The fourth-order valence-corrected chi connectivity index (χ4v) is 2.41. The molecule has 0 atom stereocenters. The van der Waals surface area contributed by atoms with Gasteiger partial charge in [0.15, 0.2) is 11.6 Å². The molecule has 0 aliphatic rings. The second-order valence-corrected chi connectivity index (χ2v) is 5.51. The van der Waals surface area contributed by atoms with Crippen LogP contribution in [0.25, 0.3) is 0 Å². The van der Waals surface area contributed by atoms with E-state index in [9.17, 15) is 9.59 Å². The highest BCUT2D eigenvalue weighted by molar-refractivity contribution is 5.97. The number of ketones is 2. The number of unbranched alkanes of at least 4 members (excludes halogenated alkanes) is 1. The van der Waals surface area contributed by atoms with Crippen LogP contribution in [-0.2, 0) is 0 Å². The average Bonchev–Trinajstić information content (AvgIpc) is 2.65. The lowest BCUT2D eigenvalue weighted by atomic mass is 10.0. The molecule has 2 rings (SSSR count). The van der Waals surface area contributed by atoms with Crippen molar-refractivity contribution in [2.75, 3.05) is 14.2 Å². The molecule has 0 aliphatic heterocycles. The zero-order chi connectivity index (χ0) is 17.4. The normalized spacial score (nSPS) is 10.2. The van der Waals surface area contributed by atoms with Crippen molar-refractivity contribution in [3.8, 4) is 11.5 Å². The first-order valence-electron chi connectivity index (χ1n) is 7.98. The molecule has 2 aromatic carbocycles. The Bertz CT molecular complexity index is 610. The zero-order valence-electron chi connectivity index (χ0n) is 14.1. The highest BCUT2D eigenvalue weighted by atomic mass is 16.5. The Morgan fingerprint density at radius 2 is 1.00 bits per heavy atom. The second kappa shape index (κ2) is 8.87. The largest absolute Gasteiger partial charge is 0.497 e. The summed E-state index contributed by atoms with van der Waals surface area (Å²) in [5.41, 5.74) is 1.36. The number of hydrogen-bond donors (Lipinski definition) is 0. The maximum Gasteiger partial charge on any atom is 0.162 e. The molecule has 0 saturated heterocycles. The molecule has 24 heavy (non-hydrogen) atoms. The molecule has 4 nitrogen and oxygen atoms in total. The number of rotatable bonds is 9. The van der Waals surface area contributed by atoms with Crippen LogP contribution < -0.4 is 9.47 Å². The van der Waals surface area contributed by atoms with Crippen molar-refractivity contribution >= 4 is 11.6 Å². The minimum absolute atomic E-state index is 0.0922. The molecule has 0 amide bonds. The van der Waals surface area contributed by atoms with Gasteiger partial charge in [-0.1, -0.05) is 0 Å². The summed E-state index contributed by atoms with van der Waals surface area (Å²) in [6, 6.07) is 14.2. The highest BCUT2D eigenvalue weighted by Gasteiger charge is 2.09. The van der Waals surface area contributed by atoms with Gasteiger partial charge < -0.3 is 9.47 Å². The summed E-state index contributed by atoms with van der Waals surface area (Å²) in [5.74, 6) is 1.65. The fraction of sp³-hybridized carbons (Fsp3) is 0.300. The van der Waals surface area contributed by atoms with Crippen LogP contribution in [0.4, 0.5) is 0 Å². The molecule has 126 valence electrons. The van der Waals surface area contributed by atoms with Gasteiger partial charge in [0, 0.05) is 24.0 Å². The number of Topliss-reactive ketones (excluding diaryl/α,β-unsaturated/α-hetero) is 2. The molecule has 0 N–H and O–H groups in total. The monoisotopic (exact) mass is 326 g/mol. The number of carbonyl (C=O) groups excluding carboxylic acids is 2. The lowest BCUT2D eigenvalue weighted by Gasteiger charge is -2.04. The predicted octanol–water partition coefficient (Wildman–Crippen LogP) is 4.33. The van der Waals surface area contributed by atoms with Crippen molar-refractivity contribution in [1.29, 1.82) is 0 Å². The summed E-state index contributed by atoms with van der Waals surface area (Å²) in [5, 5.41) is 0. The first-order chi connectivity index (χ1) is 11.6. The van der Waals surface area contributed by atoms with E-state index in [-0.39, 0.29) is 11.6 Å². The maximum atomic E-state index is 12.1. The molecule has 2 aromatic rings. The van der Waals surface area contributed by atoms with E-state index in [4.69, 9.17) is 9.47 Å². The van der Waals surface area contributed by atoms with Gasteiger partial charge in [0.2, 0.25) is 0 Å².